The lowest BCUT2D eigenvalue weighted by Gasteiger charge is -2.17. The van der Waals surface area contributed by atoms with Gasteiger partial charge in [0.2, 0.25) is 5.95 Å². The quantitative estimate of drug-likeness (QED) is 0.270. The molecule has 0 saturated carbocycles. The molecule has 3 aromatic heterocycles. The van der Waals surface area contributed by atoms with Gasteiger partial charge in [-0.05, 0) is 39.2 Å². The number of aryl methyl sites for hydroxylation is 1. The molecule has 13 heteroatoms. The van der Waals surface area contributed by atoms with E-state index in [0.717, 1.165) is 25.2 Å². The van der Waals surface area contributed by atoms with E-state index in [4.69, 9.17) is 32.7 Å². The summed E-state index contributed by atoms with van der Waals surface area (Å²) in [4.78, 5) is 19.8. The topological polar surface area (TPSA) is 115 Å². The normalized spacial score (nSPS) is 11.0. The molecule has 1 aromatic carbocycles. The van der Waals surface area contributed by atoms with Crippen LogP contribution in [0, 0.1) is 0 Å². The Balaban J connectivity index is 1.58. The number of halogens is 2. The number of benzene rings is 1. The van der Waals surface area contributed by atoms with Crippen LogP contribution in [0.4, 0.5) is 23.1 Å². The molecule has 0 spiro atoms. The summed E-state index contributed by atoms with van der Waals surface area (Å²) in [6.07, 6.45) is 7.70. The molecule has 0 unspecified atom stereocenters. The summed E-state index contributed by atoms with van der Waals surface area (Å²) in [5.74, 6) is 2.00. The number of pyridine rings is 1. The van der Waals surface area contributed by atoms with Gasteiger partial charge in [0.1, 0.15) is 33.7 Å². The van der Waals surface area contributed by atoms with Crippen LogP contribution in [0.1, 0.15) is 6.42 Å². The highest BCUT2D eigenvalue weighted by molar-refractivity contribution is 6.41. The second kappa shape index (κ2) is 12.0. The fourth-order valence-electron chi connectivity index (χ4n) is 3.51. The average Bonchev–Trinajstić information content (AvgIpc) is 3.34. The molecule has 0 amide bonds. The predicted molar refractivity (Wildman–Crippen MR) is 145 cm³/mol. The van der Waals surface area contributed by atoms with Gasteiger partial charge in [0, 0.05) is 25.0 Å². The van der Waals surface area contributed by atoms with Crippen LogP contribution in [0.15, 0.2) is 43.1 Å². The summed E-state index contributed by atoms with van der Waals surface area (Å²) in [6.45, 7) is 1.80. The Labute approximate surface area is 224 Å². The zero-order valence-corrected chi connectivity index (χ0v) is 22.4. The smallest absolute Gasteiger partial charge is 0.230 e. The van der Waals surface area contributed by atoms with Crippen molar-refractivity contribution >= 4 is 46.3 Å². The van der Waals surface area contributed by atoms with E-state index < -0.39 is 0 Å². The molecule has 0 saturated heterocycles. The van der Waals surface area contributed by atoms with Gasteiger partial charge in [-0.3, -0.25) is 4.68 Å². The van der Waals surface area contributed by atoms with Crippen molar-refractivity contribution in [2.45, 2.75) is 13.0 Å². The number of nitrogens with one attached hydrogen (secondary N) is 2. The first-order chi connectivity index (χ1) is 17.9. The Kier molecular flexibility index (Phi) is 8.59. The van der Waals surface area contributed by atoms with Gasteiger partial charge in [-0.15, -0.1) is 0 Å². The van der Waals surface area contributed by atoms with Crippen LogP contribution in [0.5, 0.6) is 11.5 Å². The second-order valence-corrected chi connectivity index (χ2v) is 8.97. The van der Waals surface area contributed by atoms with Gasteiger partial charge in [0.05, 0.1) is 37.4 Å². The van der Waals surface area contributed by atoms with Crippen molar-refractivity contribution in [3.05, 3.63) is 53.2 Å². The zero-order chi connectivity index (χ0) is 26.4. The highest BCUT2D eigenvalue weighted by Gasteiger charge is 2.20. The van der Waals surface area contributed by atoms with E-state index in [9.17, 15) is 0 Å². The van der Waals surface area contributed by atoms with Gasteiger partial charge in [0.15, 0.2) is 5.82 Å². The lowest BCUT2D eigenvalue weighted by molar-refractivity contribution is 0.380. The molecule has 0 aliphatic rings. The van der Waals surface area contributed by atoms with Crippen molar-refractivity contribution in [2.75, 3.05) is 45.5 Å². The molecule has 0 atom stereocenters. The van der Waals surface area contributed by atoms with E-state index in [1.807, 2.05) is 31.0 Å². The van der Waals surface area contributed by atoms with Crippen molar-refractivity contribution in [1.82, 2.24) is 34.6 Å². The minimum atomic E-state index is 0.283. The molecule has 3 heterocycles. The van der Waals surface area contributed by atoms with E-state index in [-0.39, 0.29) is 10.0 Å². The summed E-state index contributed by atoms with van der Waals surface area (Å²) in [7, 11) is 7.12. The minimum Gasteiger partial charge on any atom is -0.495 e. The van der Waals surface area contributed by atoms with Gasteiger partial charge in [-0.2, -0.15) is 10.1 Å². The predicted octanol–water partition coefficient (Wildman–Crippen LogP) is 4.89. The second-order valence-electron chi connectivity index (χ2n) is 8.22. The molecule has 4 rings (SSSR count). The van der Waals surface area contributed by atoms with Gasteiger partial charge >= 0.3 is 0 Å². The lowest BCUT2D eigenvalue weighted by Crippen LogP contribution is -2.15. The molecule has 4 aromatic rings. The molecular weight excluding hydrogens is 517 g/mol. The Hall–Kier alpha value is -3.67. The molecule has 37 heavy (non-hydrogen) atoms. The van der Waals surface area contributed by atoms with E-state index >= 15 is 0 Å². The Morgan fingerprint density at radius 2 is 1.78 bits per heavy atom. The molecular formula is C24H27Cl2N9O2. The lowest BCUT2D eigenvalue weighted by atomic mass is 10.2. The number of methoxy groups -OCH3 is 2. The molecule has 2 N–H and O–H groups in total. The van der Waals surface area contributed by atoms with Crippen molar-refractivity contribution in [3.8, 4) is 22.9 Å². The number of ether oxygens (including phenoxy) is 2. The Morgan fingerprint density at radius 1 is 1.03 bits per heavy atom. The zero-order valence-electron chi connectivity index (χ0n) is 20.9. The molecule has 0 radical (unpaired) electrons. The monoisotopic (exact) mass is 543 g/mol. The fourth-order valence-corrected chi connectivity index (χ4v) is 4.11. The van der Waals surface area contributed by atoms with Crippen molar-refractivity contribution in [1.29, 1.82) is 0 Å². The van der Waals surface area contributed by atoms with Crippen LogP contribution in [0.25, 0.3) is 11.4 Å². The van der Waals surface area contributed by atoms with E-state index in [1.165, 1.54) is 20.5 Å². The van der Waals surface area contributed by atoms with E-state index in [0.29, 0.717) is 40.3 Å². The molecule has 194 valence electrons. The number of hydrogen-bond acceptors (Lipinski definition) is 10. The summed E-state index contributed by atoms with van der Waals surface area (Å²) in [5.41, 5.74) is 1.77. The summed E-state index contributed by atoms with van der Waals surface area (Å²) >= 11 is 13.1. The summed E-state index contributed by atoms with van der Waals surface area (Å²) in [5, 5.41) is 11.3. The van der Waals surface area contributed by atoms with Crippen LogP contribution in [-0.4, -0.2) is 69.5 Å². The van der Waals surface area contributed by atoms with Crippen LogP contribution in [0.3, 0.4) is 0 Å². The molecule has 0 aliphatic carbocycles. The number of aromatic nitrogens is 6. The third-order valence-electron chi connectivity index (χ3n) is 5.32. The highest BCUT2D eigenvalue weighted by Crippen LogP contribution is 2.45. The first-order valence-electron chi connectivity index (χ1n) is 11.3. The number of nitrogens with zero attached hydrogens (tertiary/aromatic N) is 7. The number of anilines is 4. The van der Waals surface area contributed by atoms with Gasteiger partial charge in [-0.1, -0.05) is 23.2 Å². The molecule has 11 nitrogen and oxygen atoms in total. The number of rotatable bonds is 11. The first-order valence-corrected chi connectivity index (χ1v) is 12.1. The molecule has 0 fully saturated rings. The highest BCUT2D eigenvalue weighted by atomic mass is 35.5. The summed E-state index contributed by atoms with van der Waals surface area (Å²) in [6, 6.07) is 5.23. The average molecular weight is 544 g/mol. The van der Waals surface area contributed by atoms with Crippen LogP contribution >= 0.6 is 23.2 Å². The van der Waals surface area contributed by atoms with Crippen LogP contribution in [-0.2, 0) is 6.54 Å². The maximum Gasteiger partial charge on any atom is 0.230 e. The van der Waals surface area contributed by atoms with Gasteiger partial charge in [0.25, 0.3) is 0 Å². The third kappa shape index (κ3) is 6.37. The SMILES string of the molecule is COc1cc(OC)c(Cl)c(Nc2ncccc2-c2ncnc(Nc3cnn(CCCN(C)C)c3)n2)c1Cl. The van der Waals surface area contributed by atoms with E-state index in [1.54, 1.807) is 24.5 Å². The fraction of sp³-hybridized carbons (Fsp3) is 0.292. The third-order valence-corrected chi connectivity index (χ3v) is 6.07. The molecule has 0 bridgehead atoms. The van der Waals surface area contributed by atoms with Gasteiger partial charge in [-0.25, -0.2) is 15.0 Å². The standard InChI is InChI=1S/C24H27Cl2N9O2/c1-34(2)9-6-10-35-13-15(12-30-35)31-24-29-14-28-23(33-24)16-7-5-8-27-22(16)32-21-19(25)17(36-3)11-18(37-4)20(21)26/h5,7-8,11-14H,6,9-10H2,1-4H3,(H,27,32)(H,28,29,31,33). The van der Waals surface area contributed by atoms with Crippen molar-refractivity contribution in [3.63, 3.8) is 0 Å². The van der Waals surface area contributed by atoms with Crippen molar-refractivity contribution in [2.24, 2.45) is 0 Å². The molecule has 0 aliphatic heterocycles. The van der Waals surface area contributed by atoms with E-state index in [2.05, 4.69) is 40.6 Å². The van der Waals surface area contributed by atoms with Crippen LogP contribution < -0.4 is 20.1 Å². The Bertz CT molecular complexity index is 1340. The minimum absolute atomic E-state index is 0.283. The largest absolute Gasteiger partial charge is 0.495 e. The number of hydrogen-bond donors (Lipinski definition) is 2. The first kappa shape index (κ1) is 26.4. The Morgan fingerprint density at radius 3 is 2.49 bits per heavy atom. The van der Waals surface area contributed by atoms with Gasteiger partial charge < -0.3 is 25.0 Å². The van der Waals surface area contributed by atoms with Crippen molar-refractivity contribution < 1.29 is 9.47 Å². The maximum absolute atomic E-state index is 6.54. The van der Waals surface area contributed by atoms with Crippen LogP contribution in [0.2, 0.25) is 10.0 Å². The summed E-state index contributed by atoms with van der Waals surface area (Å²) < 4.78 is 12.6. The maximum atomic E-state index is 6.54.